The molecule has 1 aliphatic heterocycles. The fourth-order valence-corrected chi connectivity index (χ4v) is 3.36. The summed E-state index contributed by atoms with van der Waals surface area (Å²) < 4.78 is 0. The van der Waals surface area contributed by atoms with E-state index in [1.54, 1.807) is 6.20 Å². The van der Waals surface area contributed by atoms with E-state index in [0.29, 0.717) is 31.7 Å². The topological polar surface area (TPSA) is 88.3 Å². The molecule has 1 saturated heterocycles. The molecular formula is C19H24N4O2. The molecule has 0 aliphatic carbocycles. The van der Waals surface area contributed by atoms with Gasteiger partial charge in [0.25, 0.3) is 5.91 Å². The Morgan fingerprint density at radius 2 is 2.08 bits per heavy atom. The molecule has 132 valence electrons. The monoisotopic (exact) mass is 340 g/mol. The zero-order chi connectivity index (χ0) is 17.6. The highest BCUT2D eigenvalue weighted by Crippen LogP contribution is 2.22. The summed E-state index contributed by atoms with van der Waals surface area (Å²) in [7, 11) is 0. The van der Waals surface area contributed by atoms with Crippen LogP contribution in [0.5, 0.6) is 0 Å². The number of hydrogen-bond donors (Lipinski definition) is 2. The third-order valence-electron chi connectivity index (χ3n) is 4.67. The lowest BCUT2D eigenvalue weighted by atomic mass is 10.0. The van der Waals surface area contributed by atoms with E-state index < -0.39 is 0 Å². The number of likely N-dealkylation sites (tertiary alicyclic amines) is 1. The second kappa shape index (κ2) is 8.07. The number of nitrogens with zero attached hydrogens (tertiary/aromatic N) is 2. The molecule has 6 heteroatoms. The molecule has 0 bridgehead atoms. The minimum Gasteiger partial charge on any atom is -0.354 e. The van der Waals surface area contributed by atoms with Crippen LogP contribution in [0.25, 0.3) is 10.8 Å². The van der Waals surface area contributed by atoms with Gasteiger partial charge in [-0.05, 0) is 30.7 Å². The van der Waals surface area contributed by atoms with Crippen LogP contribution in [0.15, 0.2) is 36.5 Å². The van der Waals surface area contributed by atoms with Crippen LogP contribution in [0.3, 0.4) is 0 Å². The fourth-order valence-electron chi connectivity index (χ4n) is 3.36. The van der Waals surface area contributed by atoms with Crippen molar-refractivity contribution in [1.29, 1.82) is 0 Å². The lowest BCUT2D eigenvalue weighted by Gasteiger charge is -2.35. The molecule has 2 aromatic rings. The van der Waals surface area contributed by atoms with E-state index in [4.69, 9.17) is 5.73 Å². The number of hydrogen-bond acceptors (Lipinski definition) is 4. The Morgan fingerprint density at radius 3 is 2.92 bits per heavy atom. The van der Waals surface area contributed by atoms with Gasteiger partial charge < -0.3 is 16.0 Å². The lowest BCUT2D eigenvalue weighted by Crippen LogP contribution is -2.49. The third kappa shape index (κ3) is 3.96. The van der Waals surface area contributed by atoms with Crippen LogP contribution in [-0.2, 0) is 4.79 Å². The van der Waals surface area contributed by atoms with Crippen molar-refractivity contribution in [3.63, 3.8) is 0 Å². The Balaban J connectivity index is 1.79. The van der Waals surface area contributed by atoms with Crippen molar-refractivity contribution in [2.45, 2.75) is 31.7 Å². The summed E-state index contributed by atoms with van der Waals surface area (Å²) in [6.07, 6.45) is 4.91. The first-order chi connectivity index (χ1) is 12.2. The number of nitrogens with two attached hydrogens (primary N) is 1. The molecule has 1 fully saturated rings. The summed E-state index contributed by atoms with van der Waals surface area (Å²) in [5, 5.41) is 4.77. The molecule has 0 saturated carbocycles. The Labute approximate surface area is 147 Å². The molecule has 3 rings (SSSR count). The first kappa shape index (κ1) is 17.4. The van der Waals surface area contributed by atoms with Gasteiger partial charge in [-0.1, -0.05) is 24.3 Å². The van der Waals surface area contributed by atoms with Crippen molar-refractivity contribution in [3.05, 3.63) is 42.2 Å². The van der Waals surface area contributed by atoms with Crippen molar-refractivity contribution in [2.75, 3.05) is 19.6 Å². The Morgan fingerprint density at radius 1 is 1.24 bits per heavy atom. The van der Waals surface area contributed by atoms with Gasteiger partial charge in [0, 0.05) is 43.7 Å². The average molecular weight is 340 g/mol. The number of nitrogens with one attached hydrogen (secondary N) is 1. The Hall–Kier alpha value is -2.47. The van der Waals surface area contributed by atoms with Crippen molar-refractivity contribution < 1.29 is 9.59 Å². The van der Waals surface area contributed by atoms with E-state index in [1.807, 2.05) is 35.2 Å². The van der Waals surface area contributed by atoms with Gasteiger partial charge >= 0.3 is 0 Å². The number of benzene rings is 1. The van der Waals surface area contributed by atoms with Crippen LogP contribution < -0.4 is 11.1 Å². The van der Waals surface area contributed by atoms with Crippen molar-refractivity contribution in [2.24, 2.45) is 5.73 Å². The molecule has 1 aromatic carbocycles. The molecule has 1 atom stereocenters. The van der Waals surface area contributed by atoms with Gasteiger partial charge in [-0.2, -0.15) is 0 Å². The van der Waals surface area contributed by atoms with Gasteiger partial charge in [-0.15, -0.1) is 0 Å². The molecule has 3 N–H and O–H groups in total. The van der Waals surface area contributed by atoms with Gasteiger partial charge in [0.2, 0.25) is 5.91 Å². The van der Waals surface area contributed by atoms with E-state index in [1.165, 1.54) is 0 Å². The molecule has 6 nitrogen and oxygen atoms in total. The zero-order valence-corrected chi connectivity index (χ0v) is 14.3. The third-order valence-corrected chi connectivity index (χ3v) is 4.67. The maximum Gasteiger partial charge on any atom is 0.273 e. The molecule has 2 amide bonds. The molecule has 0 radical (unpaired) electrons. The summed E-state index contributed by atoms with van der Waals surface area (Å²) in [4.78, 5) is 31.0. The normalized spacial score (nSPS) is 17.5. The summed E-state index contributed by atoms with van der Waals surface area (Å²) in [5.41, 5.74) is 5.89. The highest BCUT2D eigenvalue weighted by atomic mass is 16.2. The van der Waals surface area contributed by atoms with E-state index in [-0.39, 0.29) is 17.9 Å². The van der Waals surface area contributed by atoms with Crippen LogP contribution in [-0.4, -0.2) is 47.4 Å². The molecule has 1 aromatic heterocycles. The van der Waals surface area contributed by atoms with Crippen LogP contribution in [0.4, 0.5) is 0 Å². The summed E-state index contributed by atoms with van der Waals surface area (Å²) in [6.45, 7) is 1.50. The number of aromatic nitrogens is 1. The van der Waals surface area contributed by atoms with E-state index >= 15 is 0 Å². The number of carbonyl (C=O) groups is 2. The lowest BCUT2D eigenvalue weighted by molar-refractivity contribution is -0.121. The molecular weight excluding hydrogens is 316 g/mol. The second-order valence-electron chi connectivity index (χ2n) is 6.37. The molecule has 0 spiro atoms. The van der Waals surface area contributed by atoms with Crippen molar-refractivity contribution in [1.82, 2.24) is 15.2 Å². The summed E-state index contributed by atoms with van der Waals surface area (Å²) in [5.74, 6) is -0.127. The SMILES string of the molecule is NCCC(=O)NCC1CCCCN1C(=O)c1nccc2ccccc12. The highest BCUT2D eigenvalue weighted by Gasteiger charge is 2.29. The van der Waals surface area contributed by atoms with Gasteiger partial charge in [-0.25, -0.2) is 0 Å². The number of piperidine rings is 1. The average Bonchev–Trinajstić information content (AvgIpc) is 2.66. The van der Waals surface area contributed by atoms with Crippen molar-refractivity contribution >= 4 is 22.6 Å². The van der Waals surface area contributed by atoms with Gasteiger partial charge in [0.05, 0.1) is 0 Å². The van der Waals surface area contributed by atoms with Gasteiger partial charge in [0.15, 0.2) is 0 Å². The predicted octanol–water partition coefficient (Wildman–Crippen LogP) is 1.69. The quantitative estimate of drug-likeness (QED) is 0.867. The van der Waals surface area contributed by atoms with Crippen LogP contribution in [0.2, 0.25) is 0 Å². The molecule has 25 heavy (non-hydrogen) atoms. The first-order valence-corrected chi connectivity index (χ1v) is 8.82. The number of fused-ring (bicyclic) bond motifs is 1. The summed E-state index contributed by atoms with van der Waals surface area (Å²) in [6, 6.07) is 9.69. The van der Waals surface area contributed by atoms with Crippen LogP contribution in [0.1, 0.15) is 36.2 Å². The van der Waals surface area contributed by atoms with Gasteiger partial charge in [0.1, 0.15) is 5.69 Å². The zero-order valence-electron chi connectivity index (χ0n) is 14.3. The minimum atomic E-state index is -0.0660. The fraction of sp³-hybridized carbons (Fsp3) is 0.421. The van der Waals surface area contributed by atoms with Crippen molar-refractivity contribution in [3.8, 4) is 0 Å². The molecule has 2 heterocycles. The largest absolute Gasteiger partial charge is 0.354 e. The standard InChI is InChI=1S/C19H24N4O2/c20-10-8-17(24)22-13-15-6-3-4-12-23(15)19(25)18-16-7-2-1-5-14(16)9-11-21-18/h1-2,5,7,9,11,15H,3-4,6,8,10,12-13,20H2,(H,22,24). The second-order valence-corrected chi connectivity index (χ2v) is 6.37. The van der Waals surface area contributed by atoms with E-state index in [2.05, 4.69) is 10.3 Å². The number of carbonyl (C=O) groups excluding carboxylic acids is 2. The van der Waals surface area contributed by atoms with Gasteiger partial charge in [-0.3, -0.25) is 14.6 Å². The van der Waals surface area contributed by atoms with Crippen LogP contribution >= 0.6 is 0 Å². The maximum absolute atomic E-state index is 13.1. The number of amides is 2. The number of rotatable bonds is 5. The van der Waals surface area contributed by atoms with E-state index in [0.717, 1.165) is 30.0 Å². The first-order valence-electron chi connectivity index (χ1n) is 8.82. The number of pyridine rings is 1. The molecule has 1 aliphatic rings. The Bertz CT molecular complexity index is 757. The Kier molecular flexibility index (Phi) is 5.60. The smallest absolute Gasteiger partial charge is 0.273 e. The highest BCUT2D eigenvalue weighted by molar-refractivity contribution is 6.05. The van der Waals surface area contributed by atoms with E-state index in [9.17, 15) is 9.59 Å². The van der Waals surface area contributed by atoms with Crippen LogP contribution in [0, 0.1) is 0 Å². The maximum atomic E-state index is 13.1. The predicted molar refractivity (Wildman–Crippen MR) is 97.1 cm³/mol. The molecule has 1 unspecified atom stereocenters. The minimum absolute atomic E-state index is 0.00347. The summed E-state index contributed by atoms with van der Waals surface area (Å²) >= 11 is 0.